The monoisotopic (exact) mass is 306 g/mol. The van der Waals surface area contributed by atoms with Gasteiger partial charge in [-0.15, -0.1) is 0 Å². The van der Waals surface area contributed by atoms with E-state index in [4.69, 9.17) is 0 Å². The van der Waals surface area contributed by atoms with Gasteiger partial charge in [0.05, 0.1) is 6.10 Å². The zero-order chi connectivity index (χ0) is 10.2. The first-order valence-electron chi connectivity index (χ1n) is 3.58. The molecule has 0 rings (SSSR count). The molecule has 0 aromatic carbocycles. The van der Waals surface area contributed by atoms with Gasteiger partial charge >= 0.3 is 0 Å². The Hall–Kier alpha value is 0.640. The Morgan fingerprint density at radius 1 is 1.33 bits per heavy atom. The third-order valence-electron chi connectivity index (χ3n) is 1.54. The molecule has 0 aromatic heterocycles. The van der Waals surface area contributed by atoms with Crippen LogP contribution < -0.4 is 0 Å². The van der Waals surface area contributed by atoms with E-state index in [1.807, 2.05) is 20.8 Å². The summed E-state index contributed by atoms with van der Waals surface area (Å²) in [7, 11) is -3.15. The molecule has 12 heavy (non-hydrogen) atoms. The van der Waals surface area contributed by atoms with Crippen LogP contribution in [0.1, 0.15) is 20.8 Å². The molecular weight excluding hydrogens is 291 g/mol. The van der Waals surface area contributed by atoms with Crippen LogP contribution in [0.4, 0.5) is 0 Å². The Morgan fingerprint density at radius 2 is 1.67 bits per heavy atom. The molecule has 0 spiro atoms. The molecule has 0 aliphatic carbocycles. The molecule has 0 bridgehead atoms. The van der Waals surface area contributed by atoms with Gasteiger partial charge in [0.1, 0.15) is 3.26 Å². The summed E-state index contributed by atoms with van der Waals surface area (Å²) in [5.74, 6) is 0. The summed E-state index contributed by atoms with van der Waals surface area (Å²) in [6, 6.07) is 0. The van der Waals surface area contributed by atoms with E-state index in [0.717, 1.165) is 6.26 Å². The highest BCUT2D eigenvalue weighted by Crippen LogP contribution is 2.28. The van der Waals surface area contributed by atoms with Gasteiger partial charge in [-0.1, -0.05) is 43.4 Å². The van der Waals surface area contributed by atoms with Gasteiger partial charge in [-0.25, -0.2) is 8.42 Å². The summed E-state index contributed by atoms with van der Waals surface area (Å²) in [5, 5.41) is 9.60. The molecule has 0 saturated carbocycles. The van der Waals surface area contributed by atoms with Crippen LogP contribution in [0, 0.1) is 5.41 Å². The SMILES string of the molecule is CC(C)(C)[C@@H](O)[C@@H](I)S(C)(=O)=O. The fourth-order valence-corrected chi connectivity index (χ4v) is 2.58. The lowest BCUT2D eigenvalue weighted by molar-refractivity contribution is 0.0790. The molecule has 74 valence electrons. The predicted octanol–water partition coefficient (Wildman–Crippen LogP) is 1.20. The average Bonchev–Trinajstić information content (AvgIpc) is 1.80. The average molecular weight is 306 g/mol. The number of halogens is 1. The van der Waals surface area contributed by atoms with Gasteiger partial charge in [-0.2, -0.15) is 0 Å². The zero-order valence-electron chi connectivity index (χ0n) is 7.70. The van der Waals surface area contributed by atoms with Gasteiger partial charge in [0.15, 0.2) is 9.84 Å². The second-order valence-electron chi connectivity index (χ2n) is 3.99. The third kappa shape index (κ3) is 3.57. The minimum Gasteiger partial charge on any atom is -0.390 e. The van der Waals surface area contributed by atoms with Gasteiger partial charge in [0, 0.05) is 6.26 Å². The van der Waals surface area contributed by atoms with Gasteiger partial charge in [-0.3, -0.25) is 0 Å². The maximum atomic E-state index is 11.1. The third-order valence-corrected chi connectivity index (χ3v) is 6.07. The molecule has 3 nitrogen and oxygen atoms in total. The molecule has 0 fully saturated rings. The highest BCUT2D eigenvalue weighted by atomic mass is 127. The first kappa shape index (κ1) is 12.6. The summed E-state index contributed by atoms with van der Waals surface area (Å²) in [4.78, 5) is 0. The summed E-state index contributed by atoms with van der Waals surface area (Å²) in [5.41, 5.74) is -0.394. The molecule has 5 heteroatoms. The van der Waals surface area contributed by atoms with Crippen LogP contribution in [-0.4, -0.2) is 29.1 Å². The minimum absolute atomic E-state index is 0.394. The molecular formula is C7H15IO3S. The van der Waals surface area contributed by atoms with Crippen molar-refractivity contribution in [3.8, 4) is 0 Å². The Balaban J connectivity index is 4.64. The first-order valence-corrected chi connectivity index (χ1v) is 6.78. The highest BCUT2D eigenvalue weighted by molar-refractivity contribution is 14.1. The minimum atomic E-state index is -3.15. The molecule has 0 aromatic rings. The second kappa shape index (κ2) is 3.79. The van der Waals surface area contributed by atoms with Gasteiger partial charge in [0.25, 0.3) is 0 Å². The predicted molar refractivity (Wildman–Crippen MR) is 58.1 cm³/mol. The number of alkyl halides is 1. The standard InChI is InChI=1S/C7H15IO3S/c1-7(2,3)5(9)6(8)12(4,10)11/h5-6,9H,1-4H3/t5-,6-/m0/s1. The number of hydrogen-bond acceptors (Lipinski definition) is 3. The summed E-state index contributed by atoms with van der Waals surface area (Å²) < 4.78 is 21.4. The number of rotatable bonds is 2. The molecule has 0 saturated heterocycles. The molecule has 0 aliphatic rings. The van der Waals surface area contributed by atoms with Crippen molar-refractivity contribution >= 4 is 32.4 Å². The van der Waals surface area contributed by atoms with Crippen LogP contribution in [0.3, 0.4) is 0 Å². The van der Waals surface area contributed by atoms with Crippen molar-refractivity contribution in [2.45, 2.75) is 30.1 Å². The van der Waals surface area contributed by atoms with Crippen molar-refractivity contribution < 1.29 is 13.5 Å². The summed E-state index contributed by atoms with van der Waals surface area (Å²) >= 11 is 1.76. The Bertz CT molecular complexity index is 240. The second-order valence-corrected chi connectivity index (χ2v) is 8.35. The molecule has 2 atom stereocenters. The fraction of sp³-hybridized carbons (Fsp3) is 1.00. The van der Waals surface area contributed by atoms with E-state index in [1.54, 1.807) is 22.6 Å². The van der Waals surface area contributed by atoms with Crippen molar-refractivity contribution in [1.29, 1.82) is 0 Å². The quantitative estimate of drug-likeness (QED) is 0.616. The van der Waals surface area contributed by atoms with E-state index < -0.39 is 24.6 Å². The molecule has 1 N–H and O–H groups in total. The maximum Gasteiger partial charge on any atom is 0.162 e. The Morgan fingerprint density at radius 3 is 1.75 bits per heavy atom. The molecule has 0 amide bonds. The van der Waals surface area contributed by atoms with Crippen molar-refractivity contribution in [3.63, 3.8) is 0 Å². The molecule has 0 radical (unpaired) electrons. The number of aliphatic hydroxyl groups is 1. The zero-order valence-corrected chi connectivity index (χ0v) is 10.7. The van der Waals surface area contributed by atoms with Crippen molar-refractivity contribution in [1.82, 2.24) is 0 Å². The smallest absolute Gasteiger partial charge is 0.162 e. The molecule has 0 aliphatic heterocycles. The van der Waals surface area contributed by atoms with Crippen LogP contribution in [0.2, 0.25) is 0 Å². The van der Waals surface area contributed by atoms with E-state index in [0.29, 0.717) is 0 Å². The van der Waals surface area contributed by atoms with E-state index >= 15 is 0 Å². The van der Waals surface area contributed by atoms with E-state index in [9.17, 15) is 13.5 Å². The maximum absolute atomic E-state index is 11.1. The summed E-state index contributed by atoms with van der Waals surface area (Å²) in [6.07, 6.45) is 0.312. The molecule has 0 heterocycles. The van der Waals surface area contributed by atoms with Crippen molar-refractivity contribution in [2.24, 2.45) is 5.41 Å². The van der Waals surface area contributed by atoms with Crippen LogP contribution >= 0.6 is 22.6 Å². The highest BCUT2D eigenvalue weighted by Gasteiger charge is 2.34. The van der Waals surface area contributed by atoms with Crippen molar-refractivity contribution in [2.75, 3.05) is 6.26 Å². The van der Waals surface area contributed by atoms with Crippen LogP contribution in [-0.2, 0) is 9.84 Å². The lowest BCUT2D eigenvalue weighted by Crippen LogP contribution is -2.38. The lowest BCUT2D eigenvalue weighted by Gasteiger charge is -2.28. The van der Waals surface area contributed by atoms with Gasteiger partial charge in [0.2, 0.25) is 0 Å². The fourth-order valence-electron chi connectivity index (χ4n) is 0.627. The summed E-state index contributed by atoms with van der Waals surface area (Å²) in [6.45, 7) is 5.44. The number of aliphatic hydroxyl groups excluding tert-OH is 1. The topological polar surface area (TPSA) is 54.4 Å². The van der Waals surface area contributed by atoms with Gasteiger partial charge in [-0.05, 0) is 5.41 Å². The number of sulfone groups is 1. The van der Waals surface area contributed by atoms with Crippen LogP contribution in [0.5, 0.6) is 0 Å². The normalized spacial score (nSPS) is 18.8. The lowest BCUT2D eigenvalue weighted by atomic mass is 9.90. The van der Waals surface area contributed by atoms with E-state index in [-0.39, 0.29) is 0 Å². The van der Waals surface area contributed by atoms with Crippen molar-refractivity contribution in [3.05, 3.63) is 0 Å². The Kier molecular flexibility index (Phi) is 3.99. The Labute approximate surface area is 87.6 Å². The largest absolute Gasteiger partial charge is 0.390 e. The van der Waals surface area contributed by atoms with E-state index in [1.165, 1.54) is 0 Å². The first-order chi connectivity index (χ1) is 5.07. The number of hydrogen-bond donors (Lipinski definition) is 1. The molecule has 0 unspecified atom stereocenters. The van der Waals surface area contributed by atoms with Crippen LogP contribution in [0.25, 0.3) is 0 Å². The van der Waals surface area contributed by atoms with E-state index in [2.05, 4.69) is 0 Å². The van der Waals surface area contributed by atoms with Gasteiger partial charge < -0.3 is 5.11 Å². The van der Waals surface area contributed by atoms with Crippen LogP contribution in [0.15, 0.2) is 0 Å².